The lowest BCUT2D eigenvalue weighted by Gasteiger charge is -2.14. The Hall–Kier alpha value is -3.39. The molecule has 0 unspecified atom stereocenters. The smallest absolute Gasteiger partial charge is 0.286 e. The molecule has 2 aromatic carbocycles. The molecule has 0 radical (unpaired) electrons. The minimum Gasteiger partial charge on any atom is -0.485 e. The van der Waals surface area contributed by atoms with Gasteiger partial charge in [0.25, 0.3) is 5.69 Å². The molecule has 0 saturated heterocycles. The van der Waals surface area contributed by atoms with Gasteiger partial charge in [0.05, 0.1) is 4.92 Å². The quantitative estimate of drug-likeness (QED) is 0.273. The maximum absolute atomic E-state index is 11.5. The minimum absolute atomic E-state index is 0.0856. The first-order valence-electron chi connectivity index (χ1n) is 8.59. The van der Waals surface area contributed by atoms with Crippen molar-refractivity contribution in [3.05, 3.63) is 79.5 Å². The summed E-state index contributed by atoms with van der Waals surface area (Å²) in [6, 6.07) is 12.1. The average molecular weight is 419 g/mol. The van der Waals surface area contributed by atoms with Gasteiger partial charge in [0.1, 0.15) is 23.7 Å². The molecule has 0 amide bonds. The standard InChI is InChI=1S/C22H13NO4S2/c24-23(25)19-13-16(2-1-15-4-8-18(28)9-5-15)3-6-17(19)7-10-21-22-20(14-29-21)26-11-12-27-22/h3-6,8-9,13-14,28H,11-12H2. The van der Waals surface area contributed by atoms with Crippen molar-refractivity contribution in [1.29, 1.82) is 0 Å². The minimum atomic E-state index is -0.450. The van der Waals surface area contributed by atoms with Gasteiger partial charge in [-0.05, 0) is 42.3 Å². The van der Waals surface area contributed by atoms with E-state index in [4.69, 9.17) is 9.47 Å². The van der Waals surface area contributed by atoms with Crippen LogP contribution in [-0.2, 0) is 0 Å². The molecule has 29 heavy (non-hydrogen) atoms. The summed E-state index contributed by atoms with van der Waals surface area (Å²) in [6.07, 6.45) is 0. The summed E-state index contributed by atoms with van der Waals surface area (Å²) in [6.45, 7) is 0.964. The Balaban J connectivity index is 1.63. The van der Waals surface area contributed by atoms with Crippen LogP contribution >= 0.6 is 24.0 Å². The van der Waals surface area contributed by atoms with Crippen molar-refractivity contribution in [1.82, 2.24) is 0 Å². The molecular formula is C22H13NO4S2. The number of nitrogens with zero attached hydrogens (tertiary/aromatic N) is 1. The first-order valence-corrected chi connectivity index (χ1v) is 9.91. The predicted octanol–water partition coefficient (Wildman–Crippen LogP) is 4.52. The van der Waals surface area contributed by atoms with E-state index in [1.807, 2.05) is 29.6 Å². The molecule has 0 spiro atoms. The Morgan fingerprint density at radius 1 is 0.966 bits per heavy atom. The molecule has 142 valence electrons. The molecular weight excluding hydrogens is 406 g/mol. The molecule has 2 heterocycles. The molecule has 4 rings (SSSR count). The lowest BCUT2D eigenvalue weighted by atomic mass is 10.1. The van der Waals surface area contributed by atoms with Crippen molar-refractivity contribution in [3.8, 4) is 35.2 Å². The average Bonchev–Trinajstić information content (AvgIpc) is 3.15. The lowest BCUT2D eigenvalue weighted by Crippen LogP contribution is -2.14. The maximum Gasteiger partial charge on any atom is 0.286 e. The van der Waals surface area contributed by atoms with Gasteiger partial charge in [-0.2, -0.15) is 0 Å². The highest BCUT2D eigenvalue weighted by Gasteiger charge is 2.18. The number of nitro groups is 1. The molecule has 5 nitrogen and oxygen atoms in total. The van der Waals surface area contributed by atoms with E-state index in [-0.39, 0.29) is 5.69 Å². The Kier molecular flexibility index (Phi) is 5.44. The zero-order valence-electron chi connectivity index (χ0n) is 15.0. The van der Waals surface area contributed by atoms with Crippen LogP contribution in [0.5, 0.6) is 11.5 Å². The third kappa shape index (κ3) is 4.38. The number of hydrogen-bond donors (Lipinski definition) is 1. The van der Waals surface area contributed by atoms with Gasteiger partial charge in [0.15, 0.2) is 11.5 Å². The number of nitro benzene ring substituents is 1. The monoisotopic (exact) mass is 419 g/mol. The predicted molar refractivity (Wildman–Crippen MR) is 114 cm³/mol. The van der Waals surface area contributed by atoms with E-state index in [0.717, 1.165) is 10.5 Å². The summed E-state index contributed by atoms with van der Waals surface area (Å²) in [5, 5.41) is 13.3. The number of fused-ring (bicyclic) bond motifs is 1. The summed E-state index contributed by atoms with van der Waals surface area (Å²) in [5.41, 5.74) is 1.58. The number of thiol groups is 1. The number of hydrogen-bond acceptors (Lipinski definition) is 6. The lowest BCUT2D eigenvalue weighted by molar-refractivity contribution is -0.385. The number of rotatable bonds is 1. The first kappa shape index (κ1) is 18.9. The SMILES string of the molecule is O=[N+]([O-])c1cc(C#Cc2ccc(S)cc2)ccc1C#Cc1scc2c1OCCO2. The number of thiophene rings is 1. The van der Waals surface area contributed by atoms with Crippen LogP contribution in [0.15, 0.2) is 52.7 Å². The molecule has 7 heteroatoms. The highest BCUT2D eigenvalue weighted by molar-refractivity contribution is 7.80. The van der Waals surface area contributed by atoms with Gasteiger partial charge in [0.2, 0.25) is 0 Å². The summed E-state index contributed by atoms with van der Waals surface area (Å²) >= 11 is 5.62. The molecule has 0 fully saturated rings. The first-order chi connectivity index (χ1) is 14.1. The fourth-order valence-electron chi connectivity index (χ4n) is 2.63. The topological polar surface area (TPSA) is 61.6 Å². The Morgan fingerprint density at radius 2 is 1.69 bits per heavy atom. The van der Waals surface area contributed by atoms with E-state index in [1.165, 1.54) is 17.4 Å². The van der Waals surface area contributed by atoms with E-state index in [9.17, 15) is 10.1 Å². The second-order valence-corrected chi connectivity index (χ2v) is 7.39. The molecule has 1 aliphatic rings. The Bertz CT molecular complexity index is 1210. The summed E-state index contributed by atoms with van der Waals surface area (Å²) in [5.74, 6) is 13.1. The van der Waals surface area contributed by atoms with E-state index in [2.05, 4.69) is 36.3 Å². The van der Waals surface area contributed by atoms with Crippen LogP contribution in [0.3, 0.4) is 0 Å². The van der Waals surface area contributed by atoms with Gasteiger partial charge in [-0.15, -0.1) is 24.0 Å². The molecule has 0 bridgehead atoms. The van der Waals surface area contributed by atoms with Gasteiger partial charge in [-0.1, -0.05) is 17.8 Å². The third-order valence-electron chi connectivity index (χ3n) is 4.02. The van der Waals surface area contributed by atoms with Crippen molar-refractivity contribution in [3.63, 3.8) is 0 Å². The van der Waals surface area contributed by atoms with Crippen LogP contribution < -0.4 is 9.47 Å². The molecule has 0 saturated carbocycles. The van der Waals surface area contributed by atoms with Crippen molar-refractivity contribution in [2.75, 3.05) is 13.2 Å². The summed E-state index contributed by atoms with van der Waals surface area (Å²) in [7, 11) is 0. The van der Waals surface area contributed by atoms with Gasteiger partial charge in [-0.3, -0.25) is 10.1 Å². The summed E-state index contributed by atoms with van der Waals surface area (Å²) in [4.78, 5) is 12.6. The van der Waals surface area contributed by atoms with E-state index < -0.39 is 4.92 Å². The molecule has 0 N–H and O–H groups in total. The summed E-state index contributed by atoms with van der Waals surface area (Å²) < 4.78 is 11.1. The molecule has 0 aliphatic carbocycles. The van der Waals surface area contributed by atoms with E-state index in [1.54, 1.807) is 12.1 Å². The Morgan fingerprint density at radius 3 is 2.48 bits per heavy atom. The van der Waals surface area contributed by atoms with Crippen LogP contribution in [0.4, 0.5) is 5.69 Å². The zero-order valence-corrected chi connectivity index (χ0v) is 16.7. The van der Waals surface area contributed by atoms with Crippen LogP contribution in [0.25, 0.3) is 0 Å². The highest BCUT2D eigenvalue weighted by Crippen LogP contribution is 2.38. The number of ether oxygens (including phenoxy) is 2. The Labute approximate surface area is 176 Å². The fourth-order valence-corrected chi connectivity index (χ4v) is 3.55. The van der Waals surface area contributed by atoms with Gasteiger partial charge >= 0.3 is 0 Å². The molecule has 3 aromatic rings. The van der Waals surface area contributed by atoms with Crippen molar-refractivity contribution in [2.24, 2.45) is 0 Å². The van der Waals surface area contributed by atoms with E-state index in [0.29, 0.717) is 40.7 Å². The maximum atomic E-state index is 11.5. The fraction of sp³-hybridized carbons (Fsp3) is 0.0909. The molecule has 1 aromatic heterocycles. The number of benzene rings is 2. The van der Waals surface area contributed by atoms with Gasteiger partial charge < -0.3 is 9.47 Å². The van der Waals surface area contributed by atoms with Gasteiger partial charge in [-0.25, -0.2) is 0 Å². The largest absolute Gasteiger partial charge is 0.485 e. The zero-order chi connectivity index (χ0) is 20.2. The second-order valence-electron chi connectivity index (χ2n) is 5.99. The van der Waals surface area contributed by atoms with Crippen LogP contribution in [-0.4, -0.2) is 18.1 Å². The highest BCUT2D eigenvalue weighted by atomic mass is 32.1. The van der Waals surface area contributed by atoms with Crippen molar-refractivity contribution in [2.45, 2.75) is 4.90 Å². The molecule has 0 atom stereocenters. The van der Waals surface area contributed by atoms with Crippen molar-refractivity contribution >= 4 is 29.7 Å². The molecule has 1 aliphatic heterocycles. The van der Waals surface area contributed by atoms with Crippen LogP contribution in [0.2, 0.25) is 0 Å². The van der Waals surface area contributed by atoms with E-state index >= 15 is 0 Å². The second kappa shape index (κ2) is 8.32. The van der Waals surface area contributed by atoms with Crippen molar-refractivity contribution < 1.29 is 14.4 Å². The van der Waals surface area contributed by atoms with Gasteiger partial charge in [0, 0.05) is 27.5 Å². The van der Waals surface area contributed by atoms with Crippen LogP contribution in [0.1, 0.15) is 21.6 Å². The normalized spacial score (nSPS) is 11.6. The third-order valence-corrected chi connectivity index (χ3v) is 5.18. The van der Waals surface area contributed by atoms with Crippen LogP contribution in [0, 0.1) is 33.8 Å².